The van der Waals surface area contributed by atoms with Crippen LogP contribution in [0.4, 0.5) is 5.69 Å². The summed E-state index contributed by atoms with van der Waals surface area (Å²) in [7, 11) is 0. The maximum atomic E-state index is 13.3. The van der Waals surface area contributed by atoms with E-state index >= 15 is 0 Å². The number of halogens is 1. The summed E-state index contributed by atoms with van der Waals surface area (Å²) in [6.07, 6.45) is 1.61. The first-order chi connectivity index (χ1) is 16.6. The lowest BCUT2D eigenvalue weighted by molar-refractivity contribution is -0.166. The molecular weight excluding hydrogens is 472 g/mol. The van der Waals surface area contributed by atoms with Crippen molar-refractivity contribution in [2.45, 2.75) is 38.8 Å². The van der Waals surface area contributed by atoms with Crippen molar-refractivity contribution in [3.8, 4) is 5.69 Å². The van der Waals surface area contributed by atoms with Gasteiger partial charge in [-0.05, 0) is 55.0 Å². The molecule has 35 heavy (non-hydrogen) atoms. The van der Waals surface area contributed by atoms with Crippen molar-refractivity contribution in [3.05, 3.63) is 65.4 Å². The number of carbonyl (C=O) groups excluding carboxylic acids is 3. The van der Waals surface area contributed by atoms with Gasteiger partial charge in [0.05, 0.1) is 11.4 Å². The summed E-state index contributed by atoms with van der Waals surface area (Å²) in [6.45, 7) is 5.55. The molecule has 10 nitrogen and oxygen atoms in total. The van der Waals surface area contributed by atoms with Gasteiger partial charge in [0.2, 0.25) is 0 Å². The SMILES string of the molecule is CC(C)(C)OC(=O)[C@H](Cc1ccccc1)N1CCN(c2cc(Cl)ccc2-n2cnnn2)C(=O)C1=O. The highest BCUT2D eigenvalue weighted by Crippen LogP contribution is 2.30. The number of carbonyl (C=O) groups is 3. The zero-order chi connectivity index (χ0) is 25.2. The number of nitrogens with zero attached hydrogens (tertiary/aromatic N) is 6. The third-order valence-corrected chi connectivity index (χ3v) is 5.64. The maximum Gasteiger partial charge on any atom is 0.329 e. The molecule has 182 valence electrons. The molecule has 0 bridgehead atoms. The topological polar surface area (TPSA) is 111 Å². The number of piperazine rings is 1. The lowest BCUT2D eigenvalue weighted by Gasteiger charge is -2.38. The van der Waals surface area contributed by atoms with E-state index in [1.54, 1.807) is 39.0 Å². The maximum absolute atomic E-state index is 13.3. The Morgan fingerprint density at radius 1 is 1.06 bits per heavy atom. The highest BCUT2D eigenvalue weighted by Gasteiger charge is 2.42. The van der Waals surface area contributed by atoms with Crippen LogP contribution in [-0.2, 0) is 25.5 Å². The Morgan fingerprint density at radius 2 is 1.80 bits per heavy atom. The number of hydrogen-bond acceptors (Lipinski definition) is 7. The van der Waals surface area contributed by atoms with Crippen molar-refractivity contribution in [2.75, 3.05) is 18.0 Å². The van der Waals surface area contributed by atoms with Gasteiger partial charge in [0.1, 0.15) is 18.0 Å². The van der Waals surface area contributed by atoms with E-state index in [9.17, 15) is 14.4 Å². The number of esters is 1. The molecular formula is C24H25ClN6O4. The van der Waals surface area contributed by atoms with Crippen LogP contribution >= 0.6 is 11.6 Å². The molecule has 1 atom stereocenters. The predicted molar refractivity (Wildman–Crippen MR) is 128 cm³/mol. The number of anilines is 1. The molecule has 1 aliphatic rings. The van der Waals surface area contributed by atoms with Crippen LogP contribution in [0.2, 0.25) is 5.02 Å². The number of rotatable bonds is 6. The first-order valence-corrected chi connectivity index (χ1v) is 11.4. The van der Waals surface area contributed by atoms with Crippen molar-refractivity contribution >= 4 is 35.1 Å². The van der Waals surface area contributed by atoms with Gasteiger partial charge in [0.15, 0.2) is 0 Å². The first-order valence-electron chi connectivity index (χ1n) is 11.1. The zero-order valence-electron chi connectivity index (χ0n) is 19.6. The van der Waals surface area contributed by atoms with Gasteiger partial charge in [-0.2, -0.15) is 4.68 Å². The van der Waals surface area contributed by atoms with E-state index in [0.717, 1.165) is 5.56 Å². The Balaban J connectivity index is 1.63. The average Bonchev–Trinajstić information content (AvgIpc) is 3.34. The number of aromatic nitrogens is 4. The summed E-state index contributed by atoms with van der Waals surface area (Å²) in [6, 6.07) is 13.2. The van der Waals surface area contributed by atoms with Gasteiger partial charge in [-0.15, -0.1) is 5.10 Å². The second-order valence-corrected chi connectivity index (χ2v) is 9.52. The largest absolute Gasteiger partial charge is 0.458 e. The lowest BCUT2D eigenvalue weighted by Crippen LogP contribution is -2.60. The summed E-state index contributed by atoms with van der Waals surface area (Å²) in [4.78, 5) is 42.4. The summed E-state index contributed by atoms with van der Waals surface area (Å²) in [5, 5.41) is 11.5. The molecule has 0 aliphatic carbocycles. The molecule has 0 N–H and O–H groups in total. The summed E-state index contributed by atoms with van der Waals surface area (Å²) < 4.78 is 6.99. The molecule has 1 fully saturated rings. The van der Waals surface area contributed by atoms with Crippen LogP contribution in [-0.4, -0.2) is 67.6 Å². The normalized spacial score (nSPS) is 15.3. The van der Waals surface area contributed by atoms with Crippen LogP contribution in [0.5, 0.6) is 0 Å². The molecule has 0 unspecified atom stereocenters. The highest BCUT2D eigenvalue weighted by atomic mass is 35.5. The number of benzene rings is 2. The molecule has 11 heteroatoms. The number of amides is 2. The Labute approximate surface area is 207 Å². The standard InChI is InChI=1S/C24H25ClN6O4/c1-24(2,3)35-23(34)20(13-16-7-5-4-6-8-16)30-12-11-29(21(32)22(30)33)19-14-17(25)9-10-18(19)31-15-26-27-28-31/h4-10,14-15,20H,11-13H2,1-3H3/t20-/m0/s1. The molecule has 3 aromatic rings. The first kappa shape index (κ1) is 24.3. The lowest BCUT2D eigenvalue weighted by atomic mass is 10.0. The summed E-state index contributed by atoms with van der Waals surface area (Å²) in [5.74, 6) is -2.15. The van der Waals surface area contributed by atoms with Gasteiger partial charge < -0.3 is 14.5 Å². The second-order valence-electron chi connectivity index (χ2n) is 9.08. The quantitative estimate of drug-likeness (QED) is 0.380. The third-order valence-electron chi connectivity index (χ3n) is 5.40. The predicted octanol–water partition coefficient (Wildman–Crippen LogP) is 2.44. The number of tetrazole rings is 1. The molecule has 2 amide bonds. The minimum Gasteiger partial charge on any atom is -0.458 e. The van der Waals surface area contributed by atoms with Crippen molar-refractivity contribution in [1.82, 2.24) is 25.1 Å². The van der Waals surface area contributed by atoms with Crippen LogP contribution in [0.15, 0.2) is 54.9 Å². The summed E-state index contributed by atoms with van der Waals surface area (Å²) in [5.41, 5.74) is 0.978. The van der Waals surface area contributed by atoms with E-state index in [2.05, 4.69) is 15.5 Å². The molecule has 2 aromatic carbocycles. The van der Waals surface area contributed by atoms with E-state index in [1.165, 1.54) is 20.8 Å². The van der Waals surface area contributed by atoms with Gasteiger partial charge >= 0.3 is 17.8 Å². The van der Waals surface area contributed by atoms with Crippen molar-refractivity contribution in [2.24, 2.45) is 0 Å². The fraction of sp³-hybridized carbons (Fsp3) is 0.333. The van der Waals surface area contributed by atoms with Crippen LogP contribution in [0.3, 0.4) is 0 Å². The van der Waals surface area contributed by atoms with Gasteiger partial charge in [-0.3, -0.25) is 9.59 Å². The van der Waals surface area contributed by atoms with Crippen molar-refractivity contribution in [3.63, 3.8) is 0 Å². The molecule has 2 heterocycles. The highest BCUT2D eigenvalue weighted by molar-refractivity contribution is 6.41. The Kier molecular flexibility index (Phi) is 6.83. The van der Waals surface area contributed by atoms with Crippen LogP contribution in [0.25, 0.3) is 5.69 Å². The fourth-order valence-corrected chi connectivity index (χ4v) is 4.05. The Hall–Kier alpha value is -3.79. The molecule has 0 spiro atoms. The van der Waals surface area contributed by atoms with E-state index in [1.807, 2.05) is 30.3 Å². The molecule has 1 aromatic heterocycles. The van der Waals surface area contributed by atoms with Crippen LogP contribution in [0.1, 0.15) is 26.3 Å². The van der Waals surface area contributed by atoms with Crippen molar-refractivity contribution < 1.29 is 19.1 Å². The molecule has 1 aliphatic heterocycles. The van der Waals surface area contributed by atoms with E-state index in [0.29, 0.717) is 16.4 Å². The van der Waals surface area contributed by atoms with Crippen LogP contribution < -0.4 is 4.90 Å². The van der Waals surface area contributed by atoms with Gasteiger partial charge in [-0.1, -0.05) is 41.9 Å². The molecule has 4 rings (SSSR count). The molecule has 0 saturated carbocycles. The number of ether oxygens (including phenoxy) is 1. The second kappa shape index (κ2) is 9.83. The van der Waals surface area contributed by atoms with E-state index in [4.69, 9.17) is 16.3 Å². The molecule has 0 radical (unpaired) electrons. The third kappa shape index (κ3) is 5.48. The Bertz CT molecular complexity index is 1230. The van der Waals surface area contributed by atoms with Crippen molar-refractivity contribution in [1.29, 1.82) is 0 Å². The van der Waals surface area contributed by atoms with E-state index in [-0.39, 0.29) is 19.5 Å². The van der Waals surface area contributed by atoms with Gasteiger partial charge in [0.25, 0.3) is 0 Å². The number of hydrogen-bond donors (Lipinski definition) is 0. The van der Waals surface area contributed by atoms with Gasteiger partial charge in [0, 0.05) is 24.5 Å². The summed E-state index contributed by atoms with van der Waals surface area (Å²) >= 11 is 6.20. The van der Waals surface area contributed by atoms with Gasteiger partial charge in [-0.25, -0.2) is 4.79 Å². The Morgan fingerprint density at radius 3 is 2.46 bits per heavy atom. The fourth-order valence-electron chi connectivity index (χ4n) is 3.88. The monoisotopic (exact) mass is 496 g/mol. The average molecular weight is 497 g/mol. The minimum absolute atomic E-state index is 0.128. The smallest absolute Gasteiger partial charge is 0.329 e. The zero-order valence-corrected chi connectivity index (χ0v) is 20.3. The minimum atomic E-state index is -0.950. The van der Waals surface area contributed by atoms with E-state index < -0.39 is 29.4 Å². The van der Waals surface area contributed by atoms with Crippen LogP contribution in [0, 0.1) is 0 Å². The molecule has 1 saturated heterocycles.